The van der Waals surface area contributed by atoms with Crippen LogP contribution in [-0.4, -0.2) is 37.2 Å². The van der Waals surface area contributed by atoms with Gasteiger partial charge in [0.05, 0.1) is 0 Å². The smallest absolute Gasteiger partial charge is 0.306 e. The van der Waals surface area contributed by atoms with Gasteiger partial charge in [-0.05, 0) is 122 Å². The summed E-state index contributed by atoms with van der Waals surface area (Å²) in [6.45, 7) is 6.53. The lowest BCUT2D eigenvalue weighted by molar-refractivity contribution is -0.167. The van der Waals surface area contributed by atoms with Gasteiger partial charge in [-0.1, -0.05) is 304 Å². The first-order valence-electron chi connectivity index (χ1n) is 35.2. The lowest BCUT2D eigenvalue weighted by Gasteiger charge is -2.18. The fourth-order valence-corrected chi connectivity index (χ4v) is 10.0. The number of hydrogen-bond acceptors (Lipinski definition) is 6. The third-order valence-electron chi connectivity index (χ3n) is 15.3. The van der Waals surface area contributed by atoms with E-state index in [-0.39, 0.29) is 31.1 Å². The number of unbranched alkanes of at least 4 members (excludes halogenated alkanes) is 37. The van der Waals surface area contributed by atoms with Crippen molar-refractivity contribution in [3.05, 3.63) is 97.2 Å². The Morgan fingerprint density at radius 2 is 0.476 bits per heavy atom. The van der Waals surface area contributed by atoms with E-state index in [0.29, 0.717) is 19.3 Å². The number of allylic oxidation sites excluding steroid dienone is 16. The van der Waals surface area contributed by atoms with E-state index >= 15 is 0 Å². The average Bonchev–Trinajstić information content (AvgIpc) is 3.47. The third kappa shape index (κ3) is 67.1. The Morgan fingerprint density at radius 3 is 0.756 bits per heavy atom. The van der Waals surface area contributed by atoms with Crippen molar-refractivity contribution in [3.8, 4) is 0 Å². The molecular weight excluding hydrogens is 1010 g/mol. The van der Waals surface area contributed by atoms with Crippen LogP contribution in [0.4, 0.5) is 0 Å². The maximum Gasteiger partial charge on any atom is 0.306 e. The minimum atomic E-state index is -0.789. The Bertz CT molecular complexity index is 1590. The zero-order valence-corrected chi connectivity index (χ0v) is 54.2. The molecule has 0 spiro atoms. The molecule has 1 unspecified atom stereocenters. The Kier molecular flexibility index (Phi) is 66.7. The van der Waals surface area contributed by atoms with Gasteiger partial charge in [-0.2, -0.15) is 0 Å². The molecule has 0 aromatic carbocycles. The van der Waals surface area contributed by atoms with Gasteiger partial charge < -0.3 is 14.2 Å². The quantitative estimate of drug-likeness (QED) is 0.0261. The molecule has 82 heavy (non-hydrogen) atoms. The zero-order chi connectivity index (χ0) is 59.2. The van der Waals surface area contributed by atoms with Crippen LogP contribution in [0.25, 0.3) is 0 Å². The van der Waals surface area contributed by atoms with Crippen molar-refractivity contribution >= 4 is 17.9 Å². The van der Waals surface area contributed by atoms with Crippen molar-refractivity contribution in [3.63, 3.8) is 0 Å². The molecule has 0 saturated heterocycles. The molecule has 472 valence electrons. The summed E-state index contributed by atoms with van der Waals surface area (Å²) in [4.78, 5) is 38.5. The predicted octanol–water partition coefficient (Wildman–Crippen LogP) is 24.4. The van der Waals surface area contributed by atoms with Gasteiger partial charge in [0.2, 0.25) is 0 Å². The second-order valence-corrected chi connectivity index (χ2v) is 23.4. The molecule has 0 amide bonds. The lowest BCUT2D eigenvalue weighted by atomic mass is 10.0. The first kappa shape index (κ1) is 78.3. The first-order valence-corrected chi connectivity index (χ1v) is 35.2. The molecule has 0 aromatic rings. The normalized spacial score (nSPS) is 12.7. The van der Waals surface area contributed by atoms with Gasteiger partial charge >= 0.3 is 17.9 Å². The summed E-state index contributed by atoms with van der Waals surface area (Å²) in [6.07, 6.45) is 94.2. The molecule has 0 N–H and O–H groups in total. The largest absolute Gasteiger partial charge is 0.462 e. The topological polar surface area (TPSA) is 78.9 Å². The number of carbonyl (C=O) groups is 3. The highest BCUT2D eigenvalue weighted by atomic mass is 16.6. The van der Waals surface area contributed by atoms with E-state index in [0.717, 1.165) is 109 Å². The van der Waals surface area contributed by atoms with E-state index in [1.54, 1.807) is 0 Å². The van der Waals surface area contributed by atoms with Crippen molar-refractivity contribution < 1.29 is 28.6 Å². The maximum absolute atomic E-state index is 13.0. The van der Waals surface area contributed by atoms with Gasteiger partial charge in [0.1, 0.15) is 13.2 Å². The van der Waals surface area contributed by atoms with Gasteiger partial charge in [0.25, 0.3) is 0 Å². The minimum Gasteiger partial charge on any atom is -0.462 e. The van der Waals surface area contributed by atoms with Crippen LogP contribution in [0.15, 0.2) is 97.2 Å². The third-order valence-corrected chi connectivity index (χ3v) is 15.3. The van der Waals surface area contributed by atoms with Crippen LogP contribution in [0.2, 0.25) is 0 Å². The van der Waals surface area contributed by atoms with Crippen LogP contribution in [0.3, 0.4) is 0 Å². The molecule has 0 bridgehead atoms. The number of hydrogen-bond donors (Lipinski definition) is 0. The summed E-state index contributed by atoms with van der Waals surface area (Å²) in [5.41, 5.74) is 0. The second-order valence-electron chi connectivity index (χ2n) is 23.4. The molecule has 0 saturated carbocycles. The lowest BCUT2D eigenvalue weighted by Crippen LogP contribution is -2.30. The Balaban J connectivity index is 4.35. The van der Waals surface area contributed by atoms with Crippen molar-refractivity contribution in [1.82, 2.24) is 0 Å². The van der Waals surface area contributed by atoms with Gasteiger partial charge in [0, 0.05) is 19.3 Å². The summed E-state index contributed by atoms with van der Waals surface area (Å²) in [5, 5.41) is 0. The molecule has 0 aliphatic rings. The Hall–Kier alpha value is -3.67. The highest BCUT2D eigenvalue weighted by Gasteiger charge is 2.19. The molecule has 0 radical (unpaired) electrons. The van der Waals surface area contributed by atoms with Crippen LogP contribution in [-0.2, 0) is 28.6 Å². The molecule has 6 heteroatoms. The van der Waals surface area contributed by atoms with Gasteiger partial charge in [-0.15, -0.1) is 0 Å². The van der Waals surface area contributed by atoms with E-state index in [1.807, 2.05) is 0 Å². The van der Waals surface area contributed by atoms with Crippen molar-refractivity contribution in [1.29, 1.82) is 0 Å². The van der Waals surface area contributed by atoms with E-state index in [4.69, 9.17) is 14.2 Å². The summed E-state index contributed by atoms with van der Waals surface area (Å²) >= 11 is 0. The summed E-state index contributed by atoms with van der Waals surface area (Å²) in [5.74, 6) is -0.886. The highest BCUT2D eigenvalue weighted by molar-refractivity contribution is 5.71. The van der Waals surface area contributed by atoms with E-state index in [9.17, 15) is 14.4 Å². The zero-order valence-electron chi connectivity index (χ0n) is 54.2. The summed E-state index contributed by atoms with van der Waals surface area (Å²) < 4.78 is 17.0. The molecule has 0 aliphatic heterocycles. The van der Waals surface area contributed by atoms with E-state index in [2.05, 4.69) is 118 Å². The molecule has 0 rings (SSSR count). The van der Waals surface area contributed by atoms with Crippen molar-refractivity contribution in [2.45, 2.75) is 354 Å². The Labute approximate surface area is 508 Å². The maximum atomic E-state index is 13.0. The number of rotatable bonds is 64. The van der Waals surface area contributed by atoms with Crippen LogP contribution in [0.5, 0.6) is 0 Å². The highest BCUT2D eigenvalue weighted by Crippen LogP contribution is 2.17. The molecule has 0 aromatic heterocycles. The number of carbonyl (C=O) groups excluding carboxylic acids is 3. The van der Waals surface area contributed by atoms with Crippen LogP contribution < -0.4 is 0 Å². The molecular formula is C76H132O6. The minimum absolute atomic E-state index is 0.0825. The first-order chi connectivity index (χ1) is 40.5. The molecule has 6 nitrogen and oxygen atoms in total. The Morgan fingerprint density at radius 1 is 0.256 bits per heavy atom. The molecule has 1 atom stereocenters. The van der Waals surface area contributed by atoms with Gasteiger partial charge in [0.15, 0.2) is 6.10 Å². The monoisotopic (exact) mass is 1140 g/mol. The molecule has 0 fully saturated rings. The second kappa shape index (κ2) is 69.8. The fourth-order valence-electron chi connectivity index (χ4n) is 10.0. The average molecular weight is 1140 g/mol. The fraction of sp³-hybridized carbons (Fsp3) is 0.750. The number of ether oxygens (including phenoxy) is 3. The van der Waals surface area contributed by atoms with Crippen LogP contribution in [0, 0.1) is 0 Å². The summed E-state index contributed by atoms with van der Waals surface area (Å²) in [6, 6.07) is 0. The molecule has 0 heterocycles. The van der Waals surface area contributed by atoms with Gasteiger partial charge in [-0.3, -0.25) is 14.4 Å². The van der Waals surface area contributed by atoms with E-state index < -0.39 is 6.10 Å². The van der Waals surface area contributed by atoms with Crippen LogP contribution >= 0.6 is 0 Å². The number of esters is 3. The van der Waals surface area contributed by atoms with Crippen molar-refractivity contribution in [2.24, 2.45) is 0 Å². The SMILES string of the molecule is CC/C=C\C/C=C\C/C=C\C/C=C\CCCCCCCCCCCCC(=O)OC(COC(=O)CCCCCCC/C=C\C/C=C\CCCCCC)COC(=O)CCCCCCCCCCCCCCC/C=C\C/C=C\CCCCCCC. The van der Waals surface area contributed by atoms with Crippen molar-refractivity contribution in [2.75, 3.05) is 13.2 Å². The summed E-state index contributed by atoms with van der Waals surface area (Å²) in [7, 11) is 0. The predicted molar refractivity (Wildman–Crippen MR) is 357 cm³/mol. The van der Waals surface area contributed by atoms with Crippen LogP contribution in [0.1, 0.15) is 348 Å². The standard InChI is InChI=1S/C76H132O6/c1-4-7-10-13-16-19-22-25-28-31-33-35-37-38-40-41-43-45-48-51-54-57-60-63-66-69-75(78)81-72-73(71-80-74(77)68-65-62-59-56-53-50-47-30-27-24-21-18-15-12-9-6-3)82-76(79)70-67-64-61-58-55-52-49-46-44-42-39-36-34-32-29-26-23-20-17-14-11-8-5-2/h8,11,17,20-22,24-26,29-31,33-34,36,47,73H,4-7,9-10,12-16,18-19,23,27-28,32,35,37-46,48-72H2,1-3H3/b11-8-,20-17-,24-21-,25-22-,29-26-,33-31-,36-34-,47-30-. The van der Waals surface area contributed by atoms with Gasteiger partial charge in [-0.25, -0.2) is 0 Å². The van der Waals surface area contributed by atoms with E-state index in [1.165, 1.54) is 199 Å². The molecule has 0 aliphatic carbocycles.